The van der Waals surface area contributed by atoms with Gasteiger partial charge in [-0.2, -0.15) is 0 Å². The third-order valence-corrected chi connectivity index (χ3v) is 6.52. The summed E-state index contributed by atoms with van der Waals surface area (Å²) < 4.78 is 13.0. The molecule has 0 aliphatic carbocycles. The number of hydrogen-bond donors (Lipinski definition) is 2. The molecule has 228 valence electrons. The molecular weight excluding hydrogens is 570 g/mol. The van der Waals surface area contributed by atoms with E-state index in [1.807, 2.05) is 42.5 Å². The van der Waals surface area contributed by atoms with Crippen molar-refractivity contribution in [3.8, 4) is 22.7 Å². The van der Waals surface area contributed by atoms with Crippen molar-refractivity contribution < 1.29 is 23.9 Å². The molecule has 0 saturated carbocycles. The van der Waals surface area contributed by atoms with Crippen LogP contribution in [0.2, 0.25) is 0 Å². The third kappa shape index (κ3) is 8.64. The summed E-state index contributed by atoms with van der Waals surface area (Å²) in [4.78, 5) is 47.2. The lowest BCUT2D eigenvalue weighted by Gasteiger charge is -2.21. The van der Waals surface area contributed by atoms with Gasteiger partial charge in [0.1, 0.15) is 12.2 Å². The van der Waals surface area contributed by atoms with E-state index in [2.05, 4.69) is 20.6 Å². The largest absolute Gasteiger partial charge is 0.473 e. The molecule has 0 saturated heterocycles. The van der Waals surface area contributed by atoms with E-state index in [-0.39, 0.29) is 5.78 Å². The van der Waals surface area contributed by atoms with E-state index < -0.39 is 24.0 Å². The Balaban J connectivity index is 1.33. The number of pyridine rings is 1. The SMILES string of the molecule is CC(C)(C)OC(=O)Nc1ccc(-c2ccc(OCc3ccccc3)nc2)cc1NC(=O)CC(=O)c1cccc(-n2ccnc2)c1. The summed E-state index contributed by atoms with van der Waals surface area (Å²) in [5, 5.41) is 5.49. The Bertz CT molecular complexity index is 1780. The molecule has 0 unspecified atom stereocenters. The van der Waals surface area contributed by atoms with Gasteiger partial charge in [0.15, 0.2) is 5.78 Å². The van der Waals surface area contributed by atoms with Crippen LogP contribution < -0.4 is 15.4 Å². The number of amides is 2. The van der Waals surface area contributed by atoms with E-state index >= 15 is 0 Å². The van der Waals surface area contributed by atoms with Gasteiger partial charge in [-0.25, -0.2) is 14.8 Å². The normalized spacial score (nSPS) is 11.0. The zero-order valence-electron chi connectivity index (χ0n) is 25.2. The van der Waals surface area contributed by atoms with E-state index in [1.165, 1.54) is 0 Å². The average Bonchev–Trinajstić information content (AvgIpc) is 3.56. The van der Waals surface area contributed by atoms with Gasteiger partial charge in [0.25, 0.3) is 0 Å². The number of anilines is 2. The van der Waals surface area contributed by atoms with Crippen LogP contribution >= 0.6 is 0 Å². The number of carbonyl (C=O) groups is 3. The highest BCUT2D eigenvalue weighted by molar-refractivity contribution is 6.12. The highest BCUT2D eigenvalue weighted by Gasteiger charge is 2.19. The predicted molar refractivity (Wildman–Crippen MR) is 171 cm³/mol. The van der Waals surface area contributed by atoms with Crippen LogP contribution in [0.15, 0.2) is 110 Å². The maximum absolute atomic E-state index is 13.1. The zero-order chi connectivity index (χ0) is 31.8. The molecule has 2 N–H and O–H groups in total. The number of nitrogens with zero attached hydrogens (tertiary/aromatic N) is 3. The zero-order valence-corrected chi connectivity index (χ0v) is 25.2. The molecular formula is C35H33N5O5. The molecule has 2 aromatic heterocycles. The highest BCUT2D eigenvalue weighted by Crippen LogP contribution is 2.30. The standard InChI is InChI=1S/C35H33N5O5/c1-35(2,3)45-34(43)39-29-14-12-25(27-13-15-33(37-21-27)44-22-24-8-5-4-6-9-24)19-30(29)38-32(42)20-31(41)26-10-7-11-28(18-26)40-17-16-36-23-40/h4-19,21,23H,20,22H2,1-3H3,(H,38,42)(H,39,43). The van der Waals surface area contributed by atoms with E-state index in [1.54, 1.807) is 92.7 Å². The van der Waals surface area contributed by atoms with Crippen molar-refractivity contribution >= 4 is 29.2 Å². The number of hydrogen-bond acceptors (Lipinski definition) is 7. The van der Waals surface area contributed by atoms with Gasteiger partial charge in [0.2, 0.25) is 11.8 Å². The molecule has 0 aliphatic rings. The Kier molecular flexibility index (Phi) is 9.33. The lowest BCUT2D eigenvalue weighted by molar-refractivity contribution is -0.115. The first-order valence-corrected chi connectivity index (χ1v) is 14.3. The predicted octanol–water partition coefficient (Wildman–Crippen LogP) is 7.07. The number of carbonyl (C=O) groups excluding carboxylic acids is 3. The van der Waals surface area contributed by atoms with Crippen molar-refractivity contribution in [1.82, 2.24) is 14.5 Å². The smallest absolute Gasteiger partial charge is 0.412 e. The fourth-order valence-electron chi connectivity index (χ4n) is 4.41. The van der Waals surface area contributed by atoms with Gasteiger partial charge in [-0.1, -0.05) is 48.5 Å². The fourth-order valence-corrected chi connectivity index (χ4v) is 4.41. The van der Waals surface area contributed by atoms with Crippen LogP contribution in [0.25, 0.3) is 16.8 Å². The lowest BCUT2D eigenvalue weighted by atomic mass is 10.0. The minimum Gasteiger partial charge on any atom is -0.473 e. The Morgan fingerprint density at radius 3 is 2.36 bits per heavy atom. The van der Waals surface area contributed by atoms with Crippen LogP contribution in [-0.2, 0) is 16.1 Å². The second kappa shape index (κ2) is 13.7. The van der Waals surface area contributed by atoms with Crippen molar-refractivity contribution in [1.29, 1.82) is 0 Å². The van der Waals surface area contributed by atoms with Crippen molar-refractivity contribution in [2.24, 2.45) is 0 Å². The van der Waals surface area contributed by atoms with E-state index in [0.29, 0.717) is 29.4 Å². The number of Topliss-reactive ketones (excluding diaryl/α,β-unsaturated/α-hetero) is 1. The summed E-state index contributed by atoms with van der Waals surface area (Å²) in [6.45, 7) is 5.66. The summed E-state index contributed by atoms with van der Waals surface area (Å²) >= 11 is 0. The minimum absolute atomic E-state index is 0.299. The Hall–Kier alpha value is -5.77. The summed E-state index contributed by atoms with van der Waals surface area (Å²) in [7, 11) is 0. The second-order valence-corrected chi connectivity index (χ2v) is 11.2. The van der Waals surface area contributed by atoms with Crippen molar-refractivity contribution in [3.05, 3.63) is 121 Å². The first kappa shape index (κ1) is 30.7. The molecule has 0 aliphatic heterocycles. The molecule has 0 fully saturated rings. The fraction of sp³-hybridized carbons (Fsp3) is 0.171. The van der Waals surface area contributed by atoms with Crippen LogP contribution in [0.5, 0.6) is 5.88 Å². The van der Waals surface area contributed by atoms with Crippen LogP contribution in [0.4, 0.5) is 16.2 Å². The molecule has 2 amide bonds. The van der Waals surface area contributed by atoms with Gasteiger partial charge in [-0.05, 0) is 62.2 Å². The lowest BCUT2D eigenvalue weighted by Crippen LogP contribution is -2.27. The van der Waals surface area contributed by atoms with Gasteiger partial charge >= 0.3 is 6.09 Å². The minimum atomic E-state index is -0.721. The Morgan fingerprint density at radius 2 is 1.64 bits per heavy atom. The topological polar surface area (TPSA) is 124 Å². The average molecular weight is 604 g/mol. The van der Waals surface area contributed by atoms with Crippen molar-refractivity contribution in [2.45, 2.75) is 39.4 Å². The Morgan fingerprint density at radius 1 is 0.844 bits per heavy atom. The number of aromatic nitrogens is 3. The number of benzene rings is 3. The molecule has 0 bridgehead atoms. The van der Waals surface area contributed by atoms with E-state index in [4.69, 9.17) is 9.47 Å². The number of ketones is 1. The molecule has 0 atom stereocenters. The molecule has 3 aromatic carbocycles. The van der Waals surface area contributed by atoms with Gasteiger partial charge in [0, 0.05) is 41.5 Å². The van der Waals surface area contributed by atoms with Crippen LogP contribution in [0.3, 0.4) is 0 Å². The highest BCUT2D eigenvalue weighted by atomic mass is 16.6. The summed E-state index contributed by atoms with van der Waals surface area (Å²) in [6, 6.07) is 25.5. The maximum Gasteiger partial charge on any atom is 0.412 e. The number of imidazole rings is 1. The van der Waals surface area contributed by atoms with Crippen LogP contribution in [-0.4, -0.2) is 37.9 Å². The van der Waals surface area contributed by atoms with Gasteiger partial charge in [0.05, 0.1) is 24.1 Å². The molecule has 0 spiro atoms. The number of ether oxygens (including phenoxy) is 2. The van der Waals surface area contributed by atoms with Gasteiger partial charge in [-0.3, -0.25) is 14.9 Å². The number of rotatable bonds is 10. The summed E-state index contributed by atoms with van der Waals surface area (Å²) in [5.41, 5.74) is 3.54. The summed E-state index contributed by atoms with van der Waals surface area (Å²) in [5.74, 6) is -0.433. The first-order valence-electron chi connectivity index (χ1n) is 14.3. The first-order chi connectivity index (χ1) is 21.6. The molecule has 10 heteroatoms. The maximum atomic E-state index is 13.1. The molecule has 10 nitrogen and oxygen atoms in total. The van der Waals surface area contributed by atoms with Crippen LogP contribution in [0.1, 0.15) is 43.1 Å². The summed E-state index contributed by atoms with van der Waals surface area (Å²) in [6.07, 6.45) is 5.62. The molecule has 5 aromatic rings. The van der Waals surface area contributed by atoms with Crippen molar-refractivity contribution in [2.75, 3.05) is 10.6 Å². The second-order valence-electron chi connectivity index (χ2n) is 11.2. The molecule has 5 rings (SSSR count). The van der Waals surface area contributed by atoms with E-state index in [0.717, 1.165) is 22.4 Å². The molecule has 2 heterocycles. The Labute approximate surface area is 261 Å². The third-order valence-electron chi connectivity index (χ3n) is 6.52. The monoisotopic (exact) mass is 603 g/mol. The molecule has 45 heavy (non-hydrogen) atoms. The molecule has 0 radical (unpaired) electrons. The quantitative estimate of drug-likeness (QED) is 0.129. The van der Waals surface area contributed by atoms with Crippen molar-refractivity contribution in [3.63, 3.8) is 0 Å². The van der Waals surface area contributed by atoms with Crippen LogP contribution in [0, 0.1) is 0 Å². The number of nitrogens with one attached hydrogen (secondary N) is 2. The van der Waals surface area contributed by atoms with Gasteiger partial charge < -0.3 is 19.4 Å². The van der Waals surface area contributed by atoms with Gasteiger partial charge in [-0.15, -0.1) is 0 Å². The van der Waals surface area contributed by atoms with E-state index in [9.17, 15) is 14.4 Å².